The molecule has 1 aromatic rings. The quantitative estimate of drug-likeness (QED) is 0.563. The normalized spacial score (nSPS) is 20.6. The molecule has 1 atom stereocenters. The Labute approximate surface area is 173 Å². The second-order valence-electron chi connectivity index (χ2n) is 7.76. The summed E-state index contributed by atoms with van der Waals surface area (Å²) < 4.78 is 38.9. The topological polar surface area (TPSA) is 93.7 Å². The first-order valence-electron chi connectivity index (χ1n) is 10.7. The van der Waals surface area contributed by atoms with Gasteiger partial charge in [-0.2, -0.15) is 0 Å². The minimum Gasteiger partial charge on any atom is -0.378 e. The van der Waals surface area contributed by atoms with Crippen LogP contribution in [0.2, 0.25) is 0 Å². The first kappa shape index (κ1) is 22.2. The smallest absolute Gasteiger partial charge is 0.251 e. The van der Waals surface area contributed by atoms with Crippen LogP contribution in [-0.2, 0) is 19.5 Å². The highest BCUT2D eigenvalue weighted by molar-refractivity contribution is 7.89. The molecule has 2 fully saturated rings. The predicted octanol–water partition coefficient (Wildman–Crippen LogP) is 2.61. The maximum absolute atomic E-state index is 12.5. The molecule has 0 spiro atoms. The predicted molar refractivity (Wildman–Crippen MR) is 110 cm³/mol. The van der Waals surface area contributed by atoms with E-state index in [1.54, 1.807) is 12.1 Å². The van der Waals surface area contributed by atoms with Gasteiger partial charge in [0.25, 0.3) is 5.91 Å². The Hall–Kier alpha value is -1.48. The Morgan fingerprint density at radius 2 is 1.97 bits per heavy atom. The van der Waals surface area contributed by atoms with Crippen LogP contribution in [0.3, 0.4) is 0 Å². The molecule has 1 saturated heterocycles. The van der Waals surface area contributed by atoms with Gasteiger partial charge in [-0.15, -0.1) is 0 Å². The van der Waals surface area contributed by atoms with Crippen LogP contribution in [0, 0.1) is 0 Å². The number of carbonyl (C=O) groups excluding carboxylic acids is 1. The first-order chi connectivity index (χ1) is 14.0. The van der Waals surface area contributed by atoms with Gasteiger partial charge in [-0.1, -0.05) is 25.3 Å². The van der Waals surface area contributed by atoms with E-state index in [1.807, 2.05) is 0 Å². The summed E-state index contributed by atoms with van der Waals surface area (Å²) in [6.07, 6.45) is 8.88. The number of hydrogen-bond donors (Lipinski definition) is 2. The molecule has 29 heavy (non-hydrogen) atoms. The van der Waals surface area contributed by atoms with Gasteiger partial charge in [0.1, 0.15) is 0 Å². The molecular weight excluding hydrogens is 392 g/mol. The fourth-order valence-corrected chi connectivity index (χ4v) is 4.87. The van der Waals surface area contributed by atoms with E-state index >= 15 is 0 Å². The summed E-state index contributed by atoms with van der Waals surface area (Å²) in [4.78, 5) is 12.5. The molecule has 1 aliphatic carbocycles. The maximum Gasteiger partial charge on any atom is 0.251 e. The third-order valence-electron chi connectivity index (χ3n) is 5.44. The lowest BCUT2D eigenvalue weighted by molar-refractivity contribution is 0.0273. The molecule has 1 saturated carbocycles. The van der Waals surface area contributed by atoms with Crippen LogP contribution in [-0.4, -0.2) is 52.8 Å². The molecule has 2 aliphatic rings. The second kappa shape index (κ2) is 11.1. The lowest BCUT2D eigenvalue weighted by Gasteiger charge is -2.21. The molecule has 162 valence electrons. The summed E-state index contributed by atoms with van der Waals surface area (Å²) in [6.45, 7) is 2.06. The zero-order chi connectivity index (χ0) is 20.5. The lowest BCUT2D eigenvalue weighted by Crippen LogP contribution is -2.32. The highest BCUT2D eigenvalue weighted by Gasteiger charge is 2.21. The fraction of sp³-hybridized carbons (Fsp3) is 0.667. The third kappa shape index (κ3) is 7.06. The van der Waals surface area contributed by atoms with Gasteiger partial charge in [-0.3, -0.25) is 4.79 Å². The Bertz CT molecular complexity index is 756. The third-order valence-corrected chi connectivity index (χ3v) is 6.87. The van der Waals surface area contributed by atoms with E-state index in [1.165, 1.54) is 31.4 Å². The average Bonchev–Trinajstić information content (AvgIpc) is 3.27. The number of rotatable bonds is 10. The number of benzene rings is 1. The van der Waals surface area contributed by atoms with Crippen LogP contribution in [0.15, 0.2) is 29.2 Å². The van der Waals surface area contributed by atoms with Gasteiger partial charge in [0.15, 0.2) is 0 Å². The van der Waals surface area contributed by atoms with Crippen molar-refractivity contribution in [2.45, 2.75) is 68.5 Å². The highest BCUT2D eigenvalue weighted by atomic mass is 32.2. The average molecular weight is 425 g/mol. The first-order valence-corrected chi connectivity index (χ1v) is 12.1. The summed E-state index contributed by atoms with van der Waals surface area (Å²) in [7, 11) is -3.68. The maximum atomic E-state index is 12.5. The van der Waals surface area contributed by atoms with Gasteiger partial charge < -0.3 is 14.8 Å². The molecule has 3 rings (SSSR count). The van der Waals surface area contributed by atoms with Crippen LogP contribution >= 0.6 is 0 Å². The van der Waals surface area contributed by atoms with Crippen LogP contribution in [0.5, 0.6) is 0 Å². The van der Waals surface area contributed by atoms with Crippen LogP contribution < -0.4 is 10.0 Å². The lowest BCUT2D eigenvalue weighted by atomic mass is 9.98. The van der Waals surface area contributed by atoms with Crippen molar-refractivity contribution in [2.75, 3.05) is 26.3 Å². The Balaban J connectivity index is 1.43. The largest absolute Gasteiger partial charge is 0.378 e. The van der Waals surface area contributed by atoms with Crippen molar-refractivity contribution in [1.82, 2.24) is 10.0 Å². The standard InChI is InChI=1S/C21H32N2O5S/c24-21(22-12-6-14-27-18-8-2-1-3-9-18)17-7-4-11-20(15-17)29(25,26)23-16-19-10-5-13-28-19/h4,7,11,15,18-19,23H,1-3,5-6,8-10,12-14,16H2,(H,22,24). The number of nitrogens with one attached hydrogen (secondary N) is 2. The van der Waals surface area contributed by atoms with Gasteiger partial charge in [0.05, 0.1) is 17.1 Å². The van der Waals surface area contributed by atoms with Crippen molar-refractivity contribution < 1.29 is 22.7 Å². The van der Waals surface area contributed by atoms with E-state index in [-0.39, 0.29) is 23.5 Å². The van der Waals surface area contributed by atoms with E-state index in [4.69, 9.17) is 9.47 Å². The highest BCUT2D eigenvalue weighted by Crippen LogP contribution is 2.20. The minimum atomic E-state index is -3.68. The van der Waals surface area contributed by atoms with Gasteiger partial charge in [0, 0.05) is 31.9 Å². The molecule has 8 heteroatoms. The second-order valence-corrected chi connectivity index (χ2v) is 9.52. The molecule has 0 radical (unpaired) electrons. The molecule has 0 aromatic heterocycles. The van der Waals surface area contributed by atoms with E-state index in [0.29, 0.717) is 31.4 Å². The summed E-state index contributed by atoms with van der Waals surface area (Å²) in [5.41, 5.74) is 0.332. The molecule has 1 amide bonds. The van der Waals surface area contributed by atoms with Crippen LogP contribution in [0.25, 0.3) is 0 Å². The SMILES string of the molecule is O=C(NCCCOC1CCCCC1)c1cccc(S(=O)(=O)NCC2CCCO2)c1. The zero-order valence-corrected chi connectivity index (χ0v) is 17.7. The van der Waals surface area contributed by atoms with E-state index in [2.05, 4.69) is 10.0 Å². The Kier molecular flexibility index (Phi) is 8.47. The molecular formula is C21H32N2O5S. The van der Waals surface area contributed by atoms with E-state index < -0.39 is 10.0 Å². The number of carbonyl (C=O) groups is 1. The summed E-state index contributed by atoms with van der Waals surface area (Å²) >= 11 is 0. The van der Waals surface area contributed by atoms with E-state index in [0.717, 1.165) is 32.1 Å². The number of sulfonamides is 1. The van der Waals surface area contributed by atoms with E-state index in [9.17, 15) is 13.2 Å². The Morgan fingerprint density at radius 1 is 1.14 bits per heavy atom. The molecule has 7 nitrogen and oxygen atoms in total. The summed E-state index contributed by atoms with van der Waals surface area (Å²) in [5.74, 6) is -0.279. The number of hydrogen-bond acceptors (Lipinski definition) is 5. The summed E-state index contributed by atoms with van der Waals surface area (Å²) in [6, 6.07) is 6.10. The van der Waals surface area contributed by atoms with Crippen LogP contribution in [0.1, 0.15) is 61.7 Å². The molecule has 2 N–H and O–H groups in total. The van der Waals surface area contributed by atoms with Gasteiger partial charge in [-0.05, 0) is 50.3 Å². The molecule has 1 unspecified atom stereocenters. The summed E-state index contributed by atoms with van der Waals surface area (Å²) in [5, 5.41) is 2.84. The minimum absolute atomic E-state index is 0.0768. The molecule has 1 aromatic carbocycles. The Morgan fingerprint density at radius 3 is 2.72 bits per heavy atom. The zero-order valence-electron chi connectivity index (χ0n) is 16.9. The molecule has 1 heterocycles. The van der Waals surface area contributed by atoms with Crippen molar-refractivity contribution in [2.24, 2.45) is 0 Å². The number of ether oxygens (including phenoxy) is 2. The fourth-order valence-electron chi connectivity index (χ4n) is 3.75. The van der Waals surface area contributed by atoms with Crippen LogP contribution in [0.4, 0.5) is 0 Å². The van der Waals surface area contributed by atoms with Crippen molar-refractivity contribution in [3.63, 3.8) is 0 Å². The molecule has 1 aliphatic heterocycles. The van der Waals surface area contributed by atoms with Crippen molar-refractivity contribution in [1.29, 1.82) is 0 Å². The number of amides is 1. The van der Waals surface area contributed by atoms with Crippen molar-refractivity contribution in [3.05, 3.63) is 29.8 Å². The van der Waals surface area contributed by atoms with Crippen molar-refractivity contribution in [3.8, 4) is 0 Å². The monoisotopic (exact) mass is 424 g/mol. The van der Waals surface area contributed by atoms with Gasteiger partial charge >= 0.3 is 0 Å². The van der Waals surface area contributed by atoms with Crippen molar-refractivity contribution >= 4 is 15.9 Å². The molecule has 0 bridgehead atoms. The van der Waals surface area contributed by atoms with Gasteiger partial charge in [0.2, 0.25) is 10.0 Å². The van der Waals surface area contributed by atoms with Gasteiger partial charge in [-0.25, -0.2) is 13.1 Å².